The van der Waals surface area contributed by atoms with Crippen LogP contribution in [0, 0.1) is 0 Å². The molecule has 2 rings (SSSR count). The minimum absolute atomic E-state index is 0.133. The largest absolute Gasteiger partial charge is 0.493 e. The lowest BCUT2D eigenvalue weighted by molar-refractivity contribution is -0.135. The Bertz CT molecular complexity index is 1080. The lowest BCUT2D eigenvalue weighted by atomic mass is 10.0. The summed E-state index contributed by atoms with van der Waals surface area (Å²) in [6.45, 7) is 1.29. The summed E-state index contributed by atoms with van der Waals surface area (Å²) in [7, 11) is 2.97. The second kappa shape index (κ2) is 16.6. The molecule has 214 valence electrons. The van der Waals surface area contributed by atoms with E-state index < -0.39 is 23.9 Å². The van der Waals surface area contributed by atoms with Gasteiger partial charge in [0.1, 0.15) is 6.04 Å². The number of hydrogen-bond donors (Lipinski definition) is 5. The van der Waals surface area contributed by atoms with Crippen molar-refractivity contribution >= 4 is 29.3 Å². The Morgan fingerprint density at radius 1 is 0.974 bits per heavy atom. The van der Waals surface area contributed by atoms with Crippen molar-refractivity contribution in [1.82, 2.24) is 15.5 Å². The standard InChI is InChI=1S/C27H39ClN6O5/c1-38-23-15-19(14-20(28)25(23)39-2)17-32-27(37)22(9-8-18-6-4-3-5-7-18)33-26(36)21(31)16-24(35)34(12-10-29)13-11-30/h3-7,14-15,21-22H,8-13,16-17,29-31H2,1-2H3,(H,32,37)(H,33,36). The number of carbonyl (C=O) groups is 3. The number of nitrogens with two attached hydrogens (primary N) is 3. The SMILES string of the molecule is COc1cc(CNC(=O)C(CCc2ccccc2)NC(=O)C(N)CC(=O)N(CCN)CCN)cc(Cl)c1OC. The first-order valence-corrected chi connectivity index (χ1v) is 13.1. The average molecular weight is 563 g/mol. The smallest absolute Gasteiger partial charge is 0.242 e. The molecule has 12 heteroatoms. The second-order valence-electron chi connectivity index (χ2n) is 8.89. The summed E-state index contributed by atoms with van der Waals surface area (Å²) in [5.74, 6) is -0.522. The summed E-state index contributed by atoms with van der Waals surface area (Å²) < 4.78 is 10.6. The van der Waals surface area contributed by atoms with E-state index in [0.29, 0.717) is 48.0 Å². The van der Waals surface area contributed by atoms with Crippen molar-refractivity contribution in [2.24, 2.45) is 17.2 Å². The van der Waals surface area contributed by atoms with Gasteiger partial charge >= 0.3 is 0 Å². The molecular weight excluding hydrogens is 524 g/mol. The van der Waals surface area contributed by atoms with Crippen molar-refractivity contribution in [3.05, 3.63) is 58.6 Å². The summed E-state index contributed by atoms with van der Waals surface area (Å²) in [6, 6.07) is 10.9. The van der Waals surface area contributed by atoms with Gasteiger partial charge in [0.05, 0.1) is 31.7 Å². The topological polar surface area (TPSA) is 175 Å². The highest BCUT2D eigenvalue weighted by molar-refractivity contribution is 6.32. The van der Waals surface area contributed by atoms with E-state index in [1.54, 1.807) is 12.1 Å². The maximum absolute atomic E-state index is 13.2. The van der Waals surface area contributed by atoms with Crippen molar-refractivity contribution < 1.29 is 23.9 Å². The zero-order valence-electron chi connectivity index (χ0n) is 22.5. The van der Waals surface area contributed by atoms with Crippen LogP contribution in [0.4, 0.5) is 0 Å². The molecule has 2 unspecified atom stereocenters. The van der Waals surface area contributed by atoms with Crippen molar-refractivity contribution in [3.8, 4) is 11.5 Å². The third kappa shape index (κ3) is 10.0. The molecule has 0 saturated carbocycles. The third-order valence-corrected chi connectivity index (χ3v) is 6.32. The lowest BCUT2D eigenvalue weighted by Crippen LogP contribution is -2.53. The zero-order valence-corrected chi connectivity index (χ0v) is 23.2. The zero-order chi connectivity index (χ0) is 28.8. The van der Waals surface area contributed by atoms with E-state index in [0.717, 1.165) is 5.56 Å². The highest BCUT2D eigenvalue weighted by Gasteiger charge is 2.26. The molecule has 0 aromatic heterocycles. The lowest BCUT2D eigenvalue weighted by Gasteiger charge is -2.24. The van der Waals surface area contributed by atoms with Crippen LogP contribution in [0.3, 0.4) is 0 Å². The summed E-state index contributed by atoms with van der Waals surface area (Å²) in [5, 5.41) is 5.89. The van der Waals surface area contributed by atoms with Gasteiger partial charge in [-0.1, -0.05) is 41.9 Å². The molecule has 2 atom stereocenters. The van der Waals surface area contributed by atoms with E-state index >= 15 is 0 Å². The number of hydrogen-bond acceptors (Lipinski definition) is 8. The van der Waals surface area contributed by atoms with Crippen LogP contribution in [0.2, 0.25) is 5.02 Å². The van der Waals surface area contributed by atoms with Crippen LogP contribution in [0.1, 0.15) is 24.0 Å². The van der Waals surface area contributed by atoms with Gasteiger partial charge in [0.15, 0.2) is 11.5 Å². The first kappa shape index (κ1) is 31.8. The van der Waals surface area contributed by atoms with Gasteiger partial charge in [-0.15, -0.1) is 0 Å². The van der Waals surface area contributed by atoms with E-state index in [2.05, 4.69) is 10.6 Å². The van der Waals surface area contributed by atoms with Crippen LogP contribution in [0.15, 0.2) is 42.5 Å². The Morgan fingerprint density at radius 3 is 2.23 bits per heavy atom. The number of methoxy groups -OCH3 is 2. The monoisotopic (exact) mass is 562 g/mol. The number of aryl methyl sites for hydroxylation is 1. The molecule has 11 nitrogen and oxygen atoms in total. The Balaban J connectivity index is 2.11. The van der Waals surface area contributed by atoms with Crippen LogP contribution in [-0.2, 0) is 27.3 Å². The first-order chi connectivity index (χ1) is 18.7. The van der Waals surface area contributed by atoms with E-state index in [1.807, 2.05) is 30.3 Å². The molecule has 8 N–H and O–H groups in total. The maximum atomic E-state index is 13.2. The minimum atomic E-state index is -1.15. The Kier molecular flexibility index (Phi) is 13.5. The third-order valence-electron chi connectivity index (χ3n) is 6.04. The molecule has 0 spiro atoms. The number of nitrogens with one attached hydrogen (secondary N) is 2. The van der Waals surface area contributed by atoms with Gasteiger partial charge in [-0.05, 0) is 36.1 Å². The summed E-state index contributed by atoms with van der Waals surface area (Å²) in [4.78, 5) is 40.2. The van der Waals surface area contributed by atoms with Gasteiger partial charge in [-0.3, -0.25) is 14.4 Å². The van der Waals surface area contributed by atoms with Gasteiger partial charge in [-0.2, -0.15) is 0 Å². The molecule has 0 aliphatic carbocycles. The molecule has 0 fully saturated rings. The molecule has 2 aromatic carbocycles. The first-order valence-electron chi connectivity index (χ1n) is 12.7. The van der Waals surface area contributed by atoms with Gasteiger partial charge in [0.25, 0.3) is 0 Å². The molecular formula is C27H39ClN6O5. The molecule has 39 heavy (non-hydrogen) atoms. The summed E-state index contributed by atoms with van der Waals surface area (Å²) >= 11 is 6.28. The van der Waals surface area contributed by atoms with E-state index in [1.165, 1.54) is 19.1 Å². The summed E-state index contributed by atoms with van der Waals surface area (Å²) in [5.41, 5.74) is 18.9. The molecule has 0 aliphatic heterocycles. The fraction of sp³-hybridized carbons (Fsp3) is 0.444. The highest BCUT2D eigenvalue weighted by Crippen LogP contribution is 2.35. The highest BCUT2D eigenvalue weighted by atomic mass is 35.5. The van der Waals surface area contributed by atoms with Crippen LogP contribution >= 0.6 is 11.6 Å². The second-order valence-corrected chi connectivity index (χ2v) is 9.29. The van der Waals surface area contributed by atoms with Crippen LogP contribution in [-0.4, -0.2) is 75.1 Å². The molecule has 3 amide bonds. The maximum Gasteiger partial charge on any atom is 0.242 e. The fourth-order valence-corrected chi connectivity index (χ4v) is 4.28. The molecule has 0 radical (unpaired) electrons. The normalized spacial score (nSPS) is 12.3. The molecule has 2 aromatic rings. The molecule has 0 saturated heterocycles. The van der Waals surface area contributed by atoms with E-state index in [9.17, 15) is 14.4 Å². The Hall–Kier alpha value is -3.38. The van der Waals surface area contributed by atoms with Crippen molar-refractivity contribution in [3.63, 3.8) is 0 Å². The van der Waals surface area contributed by atoms with Crippen LogP contribution < -0.4 is 37.3 Å². The minimum Gasteiger partial charge on any atom is -0.493 e. The van der Waals surface area contributed by atoms with Crippen molar-refractivity contribution in [2.45, 2.75) is 37.9 Å². The van der Waals surface area contributed by atoms with Gasteiger partial charge in [-0.25, -0.2) is 0 Å². The fourth-order valence-electron chi connectivity index (χ4n) is 3.97. The molecule has 0 bridgehead atoms. The number of ether oxygens (including phenoxy) is 2. The van der Waals surface area contributed by atoms with Gasteiger partial charge in [0.2, 0.25) is 17.7 Å². The number of benzene rings is 2. The van der Waals surface area contributed by atoms with Crippen molar-refractivity contribution in [1.29, 1.82) is 0 Å². The van der Waals surface area contributed by atoms with E-state index in [4.69, 9.17) is 38.3 Å². The number of amides is 3. The predicted molar refractivity (Wildman–Crippen MR) is 150 cm³/mol. The quantitative estimate of drug-likeness (QED) is 0.197. The van der Waals surface area contributed by atoms with Crippen LogP contribution in [0.5, 0.6) is 11.5 Å². The molecule has 0 aliphatic rings. The number of halogens is 1. The predicted octanol–water partition coefficient (Wildman–Crippen LogP) is 0.554. The Labute approximate surface area is 234 Å². The number of rotatable bonds is 16. The average Bonchev–Trinajstić information content (AvgIpc) is 2.93. The van der Waals surface area contributed by atoms with E-state index in [-0.39, 0.29) is 32.0 Å². The number of carbonyl (C=O) groups excluding carboxylic acids is 3. The van der Waals surface area contributed by atoms with Crippen LogP contribution in [0.25, 0.3) is 0 Å². The van der Waals surface area contributed by atoms with Crippen molar-refractivity contribution in [2.75, 3.05) is 40.4 Å². The summed E-state index contributed by atoms with van der Waals surface area (Å²) in [6.07, 6.45) is 0.626. The van der Waals surface area contributed by atoms with Gasteiger partial charge in [0, 0.05) is 32.7 Å². The number of nitrogens with zero attached hydrogens (tertiary/aromatic N) is 1. The Morgan fingerprint density at radius 2 is 1.64 bits per heavy atom. The molecule has 0 heterocycles. The van der Waals surface area contributed by atoms with Gasteiger partial charge < -0.3 is 42.2 Å².